The molecule has 0 aliphatic carbocycles. The number of ether oxygens (including phenoxy) is 2. The van der Waals surface area contributed by atoms with Gasteiger partial charge in [0.25, 0.3) is 5.91 Å². The molecule has 0 saturated carbocycles. The summed E-state index contributed by atoms with van der Waals surface area (Å²) in [4.78, 5) is 20.2. The van der Waals surface area contributed by atoms with Crippen molar-refractivity contribution in [1.82, 2.24) is 9.88 Å². The number of benzene rings is 1. The van der Waals surface area contributed by atoms with Gasteiger partial charge in [-0.2, -0.15) is 0 Å². The van der Waals surface area contributed by atoms with Crippen molar-refractivity contribution in [2.45, 2.75) is 31.8 Å². The average Bonchev–Trinajstić information content (AvgIpc) is 3.33. The van der Waals surface area contributed by atoms with E-state index in [0.717, 1.165) is 47.5 Å². The van der Waals surface area contributed by atoms with E-state index in [2.05, 4.69) is 23.4 Å². The molecule has 0 unspecified atom stereocenters. The molecule has 2 saturated heterocycles. The first kappa shape index (κ1) is 24.3. The van der Waals surface area contributed by atoms with Gasteiger partial charge in [0.15, 0.2) is 0 Å². The number of likely N-dealkylation sites (tertiary alicyclic amines) is 1. The van der Waals surface area contributed by atoms with Crippen LogP contribution >= 0.6 is 22.9 Å². The number of hydrogen-bond acceptors (Lipinski definition) is 6. The van der Waals surface area contributed by atoms with Gasteiger partial charge >= 0.3 is 0 Å². The van der Waals surface area contributed by atoms with Crippen LogP contribution in [0, 0.1) is 5.92 Å². The molecule has 2 aliphatic heterocycles. The zero-order valence-corrected chi connectivity index (χ0v) is 21.3. The molecule has 2 aromatic heterocycles. The second-order valence-corrected chi connectivity index (χ2v) is 10.9. The summed E-state index contributed by atoms with van der Waals surface area (Å²) in [7, 11) is 0. The molecule has 1 amide bonds. The number of carbonyl (C=O) groups excluding carboxylic acids is 1. The Kier molecular flexibility index (Phi) is 7.12. The van der Waals surface area contributed by atoms with Crippen molar-refractivity contribution >= 4 is 28.8 Å². The summed E-state index contributed by atoms with van der Waals surface area (Å²) >= 11 is 8.24. The predicted octanol–water partition coefficient (Wildman–Crippen LogP) is 5.53. The Hall–Kier alpha value is -2.45. The van der Waals surface area contributed by atoms with Crippen molar-refractivity contribution in [3.63, 3.8) is 0 Å². The Morgan fingerprint density at radius 2 is 2.03 bits per heavy atom. The third-order valence-corrected chi connectivity index (χ3v) is 8.06. The Labute approximate surface area is 214 Å². The molecule has 8 heteroatoms. The first-order chi connectivity index (χ1) is 16.9. The third-order valence-electron chi connectivity index (χ3n) is 6.78. The molecule has 35 heavy (non-hydrogen) atoms. The van der Waals surface area contributed by atoms with Crippen LogP contribution in [-0.2, 0) is 4.74 Å². The van der Waals surface area contributed by atoms with Crippen molar-refractivity contribution in [1.29, 1.82) is 0 Å². The van der Waals surface area contributed by atoms with E-state index in [1.165, 1.54) is 0 Å². The topological polar surface area (TPSA) is 71.9 Å². The minimum Gasteiger partial charge on any atom is -0.478 e. The maximum absolute atomic E-state index is 12.9. The van der Waals surface area contributed by atoms with E-state index in [1.807, 2.05) is 29.2 Å². The molecule has 1 aromatic carbocycles. The van der Waals surface area contributed by atoms with E-state index < -0.39 is 5.60 Å². The lowest BCUT2D eigenvalue weighted by Crippen LogP contribution is -2.50. The minimum atomic E-state index is -0.772. The van der Waals surface area contributed by atoms with E-state index in [0.29, 0.717) is 48.6 Å². The average molecular weight is 513 g/mol. The number of carbonyl (C=O) groups is 1. The van der Waals surface area contributed by atoms with Crippen LogP contribution in [0.3, 0.4) is 0 Å². The first-order valence-corrected chi connectivity index (χ1v) is 13.2. The number of pyridine rings is 1. The van der Waals surface area contributed by atoms with Gasteiger partial charge in [-0.25, -0.2) is 4.98 Å². The molecule has 6 nitrogen and oxygen atoms in total. The zero-order chi connectivity index (χ0) is 24.4. The van der Waals surface area contributed by atoms with Crippen LogP contribution in [0.15, 0.2) is 48.0 Å². The fourth-order valence-electron chi connectivity index (χ4n) is 4.37. The molecule has 4 heterocycles. The third kappa shape index (κ3) is 5.54. The molecular weight excluding hydrogens is 484 g/mol. The SMILES string of the molecule is CC1CCN(C(=O)c2ccc(-c3cc(-c4ccnc(OCCC5(O)COC5)c4)cs3)c(Cl)c2)CC1. The number of hydrogen-bond donors (Lipinski definition) is 1. The second kappa shape index (κ2) is 10.3. The lowest BCUT2D eigenvalue weighted by Gasteiger charge is -2.36. The Morgan fingerprint density at radius 1 is 1.23 bits per heavy atom. The molecule has 0 bridgehead atoms. The van der Waals surface area contributed by atoms with Gasteiger partial charge in [0, 0.05) is 47.8 Å². The Bertz CT molecular complexity index is 1200. The summed E-state index contributed by atoms with van der Waals surface area (Å²) in [6.45, 7) is 4.94. The fraction of sp³-hybridized carbons (Fsp3) is 0.407. The number of thiophene rings is 1. The van der Waals surface area contributed by atoms with Gasteiger partial charge in [0.05, 0.1) is 24.8 Å². The van der Waals surface area contributed by atoms with Gasteiger partial charge in [0.2, 0.25) is 5.88 Å². The van der Waals surface area contributed by atoms with Crippen LogP contribution in [0.5, 0.6) is 5.88 Å². The Morgan fingerprint density at radius 3 is 2.74 bits per heavy atom. The predicted molar refractivity (Wildman–Crippen MR) is 138 cm³/mol. The van der Waals surface area contributed by atoms with Crippen LogP contribution in [0.1, 0.15) is 36.5 Å². The van der Waals surface area contributed by atoms with Crippen LogP contribution in [0.2, 0.25) is 5.02 Å². The summed E-state index contributed by atoms with van der Waals surface area (Å²) in [6, 6.07) is 11.5. The summed E-state index contributed by atoms with van der Waals surface area (Å²) in [5, 5.41) is 12.8. The number of halogens is 1. The first-order valence-electron chi connectivity index (χ1n) is 12.0. The maximum atomic E-state index is 12.9. The molecular formula is C27H29ClN2O4S. The molecule has 0 spiro atoms. The molecule has 0 radical (unpaired) electrons. The van der Waals surface area contributed by atoms with Gasteiger partial charge in [0.1, 0.15) is 5.60 Å². The summed E-state index contributed by atoms with van der Waals surface area (Å²) in [5.74, 6) is 1.25. The van der Waals surface area contributed by atoms with Crippen LogP contribution in [0.25, 0.3) is 21.6 Å². The standard InChI is InChI=1S/C27H29ClN2O4S/c1-18-5-9-30(10-6-18)26(31)20-2-3-22(23(28)12-20)24-13-21(15-35-24)19-4-8-29-25(14-19)34-11-7-27(32)16-33-17-27/h2-4,8,12-15,18,32H,5-7,9-11,16-17H2,1H3. The number of rotatable bonds is 7. The molecule has 2 fully saturated rings. The van der Waals surface area contributed by atoms with E-state index in [9.17, 15) is 9.90 Å². The second-order valence-electron chi connectivity index (χ2n) is 9.57. The zero-order valence-electron chi connectivity index (χ0n) is 19.7. The lowest BCUT2D eigenvalue weighted by molar-refractivity contribution is -0.184. The highest BCUT2D eigenvalue weighted by Crippen LogP contribution is 2.37. The highest BCUT2D eigenvalue weighted by atomic mass is 35.5. The largest absolute Gasteiger partial charge is 0.478 e. The molecule has 0 atom stereocenters. The molecule has 5 rings (SSSR count). The quantitative estimate of drug-likeness (QED) is 0.450. The van der Waals surface area contributed by atoms with Gasteiger partial charge in [-0.3, -0.25) is 4.79 Å². The number of nitrogens with zero attached hydrogens (tertiary/aromatic N) is 2. The number of amides is 1. The Balaban J connectivity index is 1.26. The number of aliphatic hydroxyl groups is 1. The van der Waals surface area contributed by atoms with Gasteiger partial charge in [-0.15, -0.1) is 11.3 Å². The minimum absolute atomic E-state index is 0.0542. The molecule has 3 aromatic rings. The van der Waals surface area contributed by atoms with Gasteiger partial charge in [-0.05, 0) is 59.5 Å². The summed E-state index contributed by atoms with van der Waals surface area (Å²) in [6.07, 6.45) is 4.33. The van der Waals surface area contributed by atoms with Crippen molar-refractivity contribution in [3.05, 3.63) is 58.6 Å². The lowest BCUT2D eigenvalue weighted by atomic mass is 9.98. The highest BCUT2D eigenvalue weighted by molar-refractivity contribution is 7.14. The van der Waals surface area contributed by atoms with Gasteiger partial charge < -0.3 is 19.5 Å². The number of aromatic nitrogens is 1. The van der Waals surface area contributed by atoms with Crippen LogP contribution in [-0.4, -0.2) is 59.4 Å². The van der Waals surface area contributed by atoms with E-state index in [1.54, 1.807) is 23.6 Å². The van der Waals surface area contributed by atoms with Crippen molar-refractivity contribution in [3.8, 4) is 27.4 Å². The fourth-order valence-corrected chi connectivity index (χ4v) is 5.66. The van der Waals surface area contributed by atoms with Crippen molar-refractivity contribution in [2.75, 3.05) is 32.9 Å². The molecule has 2 aliphatic rings. The summed E-state index contributed by atoms with van der Waals surface area (Å²) in [5.41, 5.74) is 2.81. The van der Waals surface area contributed by atoms with Crippen molar-refractivity contribution in [2.24, 2.45) is 5.92 Å². The van der Waals surface area contributed by atoms with Crippen molar-refractivity contribution < 1.29 is 19.4 Å². The van der Waals surface area contributed by atoms with E-state index in [-0.39, 0.29) is 5.91 Å². The van der Waals surface area contributed by atoms with E-state index in [4.69, 9.17) is 21.1 Å². The number of piperidine rings is 1. The molecule has 184 valence electrons. The maximum Gasteiger partial charge on any atom is 0.253 e. The van der Waals surface area contributed by atoms with E-state index >= 15 is 0 Å². The highest BCUT2D eigenvalue weighted by Gasteiger charge is 2.35. The molecule has 1 N–H and O–H groups in total. The smallest absolute Gasteiger partial charge is 0.253 e. The monoisotopic (exact) mass is 512 g/mol. The van der Waals surface area contributed by atoms with Gasteiger partial charge in [-0.1, -0.05) is 24.6 Å². The normalized spacial score (nSPS) is 17.7. The summed E-state index contributed by atoms with van der Waals surface area (Å²) < 4.78 is 10.8. The van der Waals surface area contributed by atoms with Crippen LogP contribution in [0.4, 0.5) is 0 Å². The van der Waals surface area contributed by atoms with Crippen LogP contribution < -0.4 is 4.74 Å².